The molecule has 5 heteroatoms. The smallest absolute Gasteiger partial charge is 0.261 e. The largest absolute Gasteiger partial charge is 0.484 e. The maximum atomic E-state index is 13.5. The van der Waals surface area contributed by atoms with Crippen molar-refractivity contribution in [3.05, 3.63) is 101 Å². The number of nitrogens with zero attached hydrogens (tertiary/aromatic N) is 1. The molecule has 0 aliphatic carbocycles. The zero-order valence-electron chi connectivity index (χ0n) is 20.5. The van der Waals surface area contributed by atoms with Gasteiger partial charge in [-0.25, -0.2) is 0 Å². The first-order valence-electron chi connectivity index (χ1n) is 11.7. The van der Waals surface area contributed by atoms with E-state index >= 15 is 0 Å². The quantitative estimate of drug-likeness (QED) is 0.473. The molecule has 0 heterocycles. The van der Waals surface area contributed by atoms with Crippen molar-refractivity contribution in [2.75, 3.05) is 6.61 Å². The summed E-state index contributed by atoms with van der Waals surface area (Å²) in [6.45, 7) is 8.01. The SMILES string of the molecule is Cc1cccc(CN(C(=O)COc2cccc(C)c2)[C@@H](Cc2ccccc2)C(=O)NC(C)C)c1. The van der Waals surface area contributed by atoms with E-state index in [0.717, 1.165) is 22.3 Å². The number of ether oxygens (including phenoxy) is 1. The molecule has 0 aliphatic rings. The van der Waals surface area contributed by atoms with Crippen LogP contribution in [0.15, 0.2) is 78.9 Å². The highest BCUT2D eigenvalue weighted by atomic mass is 16.5. The fourth-order valence-corrected chi connectivity index (χ4v) is 3.87. The normalized spacial score (nSPS) is 11.7. The molecular formula is C29H34N2O3. The predicted molar refractivity (Wildman–Crippen MR) is 136 cm³/mol. The highest BCUT2D eigenvalue weighted by molar-refractivity contribution is 5.88. The van der Waals surface area contributed by atoms with Gasteiger partial charge in [0.1, 0.15) is 11.8 Å². The van der Waals surface area contributed by atoms with E-state index in [1.165, 1.54) is 0 Å². The molecule has 2 amide bonds. The standard InChI is InChI=1S/C29H34N2O3/c1-21(2)30-29(33)27(18-24-12-6-5-7-13-24)31(19-25-14-8-10-22(3)16-25)28(32)20-34-26-15-9-11-23(4)17-26/h5-17,21,27H,18-20H2,1-4H3,(H,30,33)/t27-/m0/s1. The third-order valence-electron chi connectivity index (χ3n) is 5.49. The van der Waals surface area contributed by atoms with Gasteiger partial charge in [0.2, 0.25) is 5.91 Å². The summed E-state index contributed by atoms with van der Waals surface area (Å²) in [5.41, 5.74) is 4.12. The first-order chi connectivity index (χ1) is 16.3. The van der Waals surface area contributed by atoms with Crippen LogP contribution in [0.5, 0.6) is 5.75 Å². The monoisotopic (exact) mass is 458 g/mol. The van der Waals surface area contributed by atoms with Crippen molar-refractivity contribution >= 4 is 11.8 Å². The van der Waals surface area contributed by atoms with Crippen LogP contribution in [0.1, 0.15) is 36.1 Å². The maximum absolute atomic E-state index is 13.5. The third-order valence-corrected chi connectivity index (χ3v) is 5.49. The summed E-state index contributed by atoms with van der Waals surface area (Å²) in [7, 11) is 0. The maximum Gasteiger partial charge on any atom is 0.261 e. The number of hydrogen-bond acceptors (Lipinski definition) is 3. The highest BCUT2D eigenvalue weighted by Crippen LogP contribution is 2.17. The fourth-order valence-electron chi connectivity index (χ4n) is 3.87. The fraction of sp³-hybridized carbons (Fsp3) is 0.310. The molecular weight excluding hydrogens is 424 g/mol. The highest BCUT2D eigenvalue weighted by Gasteiger charge is 2.31. The summed E-state index contributed by atoms with van der Waals surface area (Å²) in [6, 6.07) is 24.7. The van der Waals surface area contributed by atoms with Gasteiger partial charge in [0.15, 0.2) is 6.61 Å². The summed E-state index contributed by atoms with van der Waals surface area (Å²) in [4.78, 5) is 28.5. The lowest BCUT2D eigenvalue weighted by molar-refractivity contribution is -0.143. The van der Waals surface area contributed by atoms with Crippen LogP contribution in [0, 0.1) is 13.8 Å². The molecule has 0 bridgehead atoms. The molecule has 178 valence electrons. The molecule has 1 N–H and O–H groups in total. The molecule has 3 aromatic carbocycles. The minimum atomic E-state index is -0.668. The molecule has 0 unspecified atom stereocenters. The Morgan fingerprint density at radius 1 is 0.853 bits per heavy atom. The number of hydrogen-bond donors (Lipinski definition) is 1. The lowest BCUT2D eigenvalue weighted by atomic mass is 10.0. The van der Waals surface area contributed by atoms with Gasteiger partial charge in [-0.2, -0.15) is 0 Å². The Morgan fingerprint density at radius 3 is 2.15 bits per heavy atom. The van der Waals surface area contributed by atoms with Gasteiger partial charge in [-0.05, 0) is 56.5 Å². The molecule has 3 rings (SSSR count). The number of benzene rings is 3. The molecule has 0 saturated carbocycles. The summed E-state index contributed by atoms with van der Waals surface area (Å²) in [6.07, 6.45) is 0.418. The summed E-state index contributed by atoms with van der Waals surface area (Å²) >= 11 is 0. The van der Waals surface area contributed by atoms with Crippen LogP contribution in [0.3, 0.4) is 0 Å². The Bertz CT molecular complexity index is 1100. The minimum absolute atomic E-state index is 0.0368. The number of carbonyl (C=O) groups is 2. The summed E-state index contributed by atoms with van der Waals surface area (Å²) in [5, 5.41) is 3.00. The van der Waals surface area contributed by atoms with Crippen molar-refractivity contribution < 1.29 is 14.3 Å². The van der Waals surface area contributed by atoms with Crippen LogP contribution in [-0.2, 0) is 22.6 Å². The van der Waals surface area contributed by atoms with E-state index in [9.17, 15) is 9.59 Å². The molecule has 0 fully saturated rings. The first-order valence-corrected chi connectivity index (χ1v) is 11.7. The summed E-state index contributed by atoms with van der Waals surface area (Å²) < 4.78 is 5.83. The predicted octanol–water partition coefficient (Wildman–Crippen LogP) is 4.85. The second-order valence-corrected chi connectivity index (χ2v) is 8.98. The number of nitrogens with one attached hydrogen (secondary N) is 1. The molecule has 0 aliphatic heterocycles. The number of carbonyl (C=O) groups excluding carboxylic acids is 2. The Kier molecular flexibility index (Phi) is 8.86. The van der Waals surface area contributed by atoms with Crippen molar-refractivity contribution in [2.24, 2.45) is 0 Å². The van der Waals surface area contributed by atoms with Crippen molar-refractivity contribution in [3.8, 4) is 5.75 Å². The van der Waals surface area contributed by atoms with Crippen LogP contribution in [0.2, 0.25) is 0 Å². The van der Waals surface area contributed by atoms with Gasteiger partial charge in [-0.1, -0.05) is 72.3 Å². The molecule has 34 heavy (non-hydrogen) atoms. The van der Waals surface area contributed by atoms with Crippen molar-refractivity contribution in [1.82, 2.24) is 10.2 Å². The number of amides is 2. The van der Waals surface area contributed by atoms with Gasteiger partial charge < -0.3 is 15.0 Å². The van der Waals surface area contributed by atoms with Gasteiger partial charge in [0.05, 0.1) is 0 Å². The van der Waals surface area contributed by atoms with Gasteiger partial charge in [-0.15, -0.1) is 0 Å². The lowest BCUT2D eigenvalue weighted by Gasteiger charge is -2.32. The average Bonchev–Trinajstić information content (AvgIpc) is 2.80. The van der Waals surface area contributed by atoms with E-state index in [1.54, 1.807) is 4.90 Å². The Hall–Kier alpha value is -3.60. The summed E-state index contributed by atoms with van der Waals surface area (Å²) in [5.74, 6) is 0.230. The second kappa shape index (κ2) is 12.0. The van der Waals surface area contributed by atoms with Gasteiger partial charge >= 0.3 is 0 Å². The van der Waals surface area contributed by atoms with E-state index in [2.05, 4.69) is 5.32 Å². The van der Waals surface area contributed by atoms with E-state index in [1.807, 2.05) is 107 Å². The topological polar surface area (TPSA) is 58.6 Å². The molecule has 3 aromatic rings. The molecule has 0 saturated heterocycles. The van der Waals surface area contributed by atoms with E-state index < -0.39 is 6.04 Å². The van der Waals surface area contributed by atoms with Crippen molar-refractivity contribution in [3.63, 3.8) is 0 Å². The van der Waals surface area contributed by atoms with Crippen LogP contribution >= 0.6 is 0 Å². The van der Waals surface area contributed by atoms with Crippen LogP contribution in [0.25, 0.3) is 0 Å². The van der Waals surface area contributed by atoms with Crippen LogP contribution < -0.4 is 10.1 Å². The second-order valence-electron chi connectivity index (χ2n) is 8.98. The van der Waals surface area contributed by atoms with Gasteiger partial charge in [0.25, 0.3) is 5.91 Å². The average molecular weight is 459 g/mol. The zero-order chi connectivity index (χ0) is 24.5. The van der Waals surface area contributed by atoms with Crippen LogP contribution in [0.4, 0.5) is 0 Å². The Labute approximate surface area is 202 Å². The minimum Gasteiger partial charge on any atom is -0.484 e. The van der Waals surface area contributed by atoms with Crippen molar-refractivity contribution in [1.29, 1.82) is 0 Å². The molecule has 1 atom stereocenters. The van der Waals surface area contributed by atoms with Gasteiger partial charge in [-0.3, -0.25) is 9.59 Å². The third kappa shape index (κ3) is 7.48. The first kappa shape index (κ1) is 25.0. The molecule has 0 radical (unpaired) electrons. The van der Waals surface area contributed by atoms with E-state index in [-0.39, 0.29) is 24.5 Å². The number of rotatable bonds is 10. The Balaban J connectivity index is 1.91. The Morgan fingerprint density at radius 2 is 1.50 bits per heavy atom. The zero-order valence-corrected chi connectivity index (χ0v) is 20.5. The lowest BCUT2D eigenvalue weighted by Crippen LogP contribution is -2.52. The molecule has 0 spiro atoms. The van der Waals surface area contributed by atoms with Crippen LogP contribution in [-0.4, -0.2) is 35.4 Å². The van der Waals surface area contributed by atoms with Gasteiger partial charge in [0, 0.05) is 19.0 Å². The molecule has 5 nitrogen and oxygen atoms in total. The molecule has 0 aromatic heterocycles. The van der Waals surface area contributed by atoms with E-state index in [4.69, 9.17) is 4.74 Å². The van der Waals surface area contributed by atoms with Crippen molar-refractivity contribution in [2.45, 2.75) is 52.7 Å². The van der Waals surface area contributed by atoms with E-state index in [0.29, 0.717) is 18.7 Å². The number of aryl methyl sites for hydroxylation is 2.